The lowest BCUT2D eigenvalue weighted by Crippen LogP contribution is -2.52. The molecule has 5 rings (SSSR count). The van der Waals surface area contributed by atoms with E-state index in [0.29, 0.717) is 25.6 Å². The second-order valence-corrected chi connectivity index (χ2v) is 9.49. The fourth-order valence-electron chi connectivity index (χ4n) is 4.64. The van der Waals surface area contributed by atoms with Gasteiger partial charge in [0, 0.05) is 44.3 Å². The molecule has 1 saturated carbocycles. The molecular formula is C23H26N2O3S. The molecular weight excluding hydrogens is 384 g/mol. The molecule has 1 unspecified atom stereocenters. The van der Waals surface area contributed by atoms with Gasteiger partial charge < -0.3 is 15.0 Å². The molecule has 29 heavy (non-hydrogen) atoms. The predicted molar refractivity (Wildman–Crippen MR) is 112 cm³/mol. The third-order valence-corrected chi connectivity index (χ3v) is 7.23. The van der Waals surface area contributed by atoms with Crippen LogP contribution in [0, 0.1) is 0 Å². The van der Waals surface area contributed by atoms with Crippen molar-refractivity contribution in [2.45, 2.75) is 56.1 Å². The summed E-state index contributed by atoms with van der Waals surface area (Å²) < 4.78 is 6.52. The van der Waals surface area contributed by atoms with Crippen molar-refractivity contribution in [3.8, 4) is 5.75 Å². The Kier molecular flexibility index (Phi) is 4.82. The van der Waals surface area contributed by atoms with Gasteiger partial charge in [-0.05, 0) is 42.3 Å². The Morgan fingerprint density at radius 2 is 1.93 bits per heavy atom. The largest absolute Gasteiger partial charge is 0.487 e. The topological polar surface area (TPSA) is 58.6 Å². The molecule has 152 valence electrons. The van der Waals surface area contributed by atoms with Crippen LogP contribution >= 0.6 is 11.3 Å². The number of rotatable bonds is 4. The molecule has 6 heteroatoms. The number of benzene rings is 1. The Morgan fingerprint density at radius 1 is 1.14 bits per heavy atom. The van der Waals surface area contributed by atoms with Crippen molar-refractivity contribution < 1.29 is 14.3 Å². The van der Waals surface area contributed by atoms with Crippen LogP contribution < -0.4 is 10.1 Å². The standard InChI is InChI=1S/C23H26N2O3S/c26-21(24-17-7-8-17)14-16-15-23(28-19-5-2-1-4-18(16)19)9-11-25(12-10-23)22(27)20-6-3-13-29-20/h1-6,13,16-17H,7-12,14-15H2,(H,24,26). The first-order valence-electron chi connectivity index (χ1n) is 10.5. The van der Waals surface area contributed by atoms with Crippen molar-refractivity contribution in [3.63, 3.8) is 0 Å². The molecule has 0 radical (unpaired) electrons. The van der Waals surface area contributed by atoms with Crippen LogP contribution in [-0.4, -0.2) is 41.4 Å². The second-order valence-electron chi connectivity index (χ2n) is 8.54. The number of carbonyl (C=O) groups is 2. The van der Waals surface area contributed by atoms with Crippen LogP contribution in [0.15, 0.2) is 41.8 Å². The van der Waals surface area contributed by atoms with Crippen molar-refractivity contribution in [1.29, 1.82) is 0 Å². The van der Waals surface area contributed by atoms with Gasteiger partial charge in [0.05, 0.1) is 4.88 Å². The van der Waals surface area contributed by atoms with Crippen LogP contribution in [0.4, 0.5) is 0 Å². The lowest BCUT2D eigenvalue weighted by molar-refractivity contribution is -0.122. The highest BCUT2D eigenvalue weighted by molar-refractivity contribution is 7.12. The highest BCUT2D eigenvalue weighted by atomic mass is 32.1. The Balaban J connectivity index is 1.30. The third kappa shape index (κ3) is 3.90. The lowest BCUT2D eigenvalue weighted by atomic mass is 9.76. The number of hydrogen-bond acceptors (Lipinski definition) is 4. The molecule has 1 spiro atoms. The minimum atomic E-state index is -0.287. The molecule has 1 atom stereocenters. The minimum Gasteiger partial charge on any atom is -0.487 e. The van der Waals surface area contributed by atoms with Crippen molar-refractivity contribution >= 4 is 23.2 Å². The maximum atomic E-state index is 12.7. The van der Waals surface area contributed by atoms with Crippen LogP contribution in [0.25, 0.3) is 0 Å². The number of nitrogens with zero attached hydrogens (tertiary/aromatic N) is 1. The van der Waals surface area contributed by atoms with E-state index in [1.54, 1.807) is 0 Å². The van der Waals surface area contributed by atoms with Gasteiger partial charge >= 0.3 is 0 Å². The predicted octanol–water partition coefficient (Wildman–Crippen LogP) is 3.96. The van der Waals surface area contributed by atoms with E-state index in [1.807, 2.05) is 40.6 Å². The molecule has 0 bridgehead atoms. The molecule has 2 aromatic rings. The SMILES string of the molecule is O=C(CC1CC2(CCN(C(=O)c3cccs3)CC2)Oc2ccccc21)NC1CC1. The molecule has 5 nitrogen and oxygen atoms in total. The molecule has 2 fully saturated rings. The number of carbonyl (C=O) groups excluding carboxylic acids is 2. The van der Waals surface area contributed by atoms with E-state index in [0.717, 1.165) is 48.3 Å². The minimum absolute atomic E-state index is 0.117. The van der Waals surface area contributed by atoms with Crippen molar-refractivity contribution in [2.24, 2.45) is 0 Å². The molecule has 1 aliphatic carbocycles. The van der Waals surface area contributed by atoms with E-state index < -0.39 is 0 Å². The van der Waals surface area contributed by atoms with Crippen LogP contribution in [0.3, 0.4) is 0 Å². The van der Waals surface area contributed by atoms with Gasteiger partial charge in [-0.15, -0.1) is 11.3 Å². The quantitative estimate of drug-likeness (QED) is 0.830. The van der Waals surface area contributed by atoms with E-state index in [1.165, 1.54) is 11.3 Å². The smallest absolute Gasteiger partial charge is 0.263 e. The number of amides is 2. The van der Waals surface area contributed by atoms with E-state index in [4.69, 9.17) is 4.74 Å². The van der Waals surface area contributed by atoms with Crippen molar-refractivity contribution in [1.82, 2.24) is 10.2 Å². The van der Waals surface area contributed by atoms with E-state index in [2.05, 4.69) is 11.4 Å². The summed E-state index contributed by atoms with van der Waals surface area (Å²) >= 11 is 1.49. The zero-order chi connectivity index (χ0) is 19.8. The van der Waals surface area contributed by atoms with E-state index >= 15 is 0 Å². The van der Waals surface area contributed by atoms with Crippen LogP contribution in [0.1, 0.15) is 59.7 Å². The molecule has 2 amide bonds. The summed E-state index contributed by atoms with van der Waals surface area (Å²) in [5, 5.41) is 5.07. The first-order chi connectivity index (χ1) is 14.1. The summed E-state index contributed by atoms with van der Waals surface area (Å²) in [6.45, 7) is 1.39. The molecule has 1 N–H and O–H groups in total. The number of ether oxygens (including phenoxy) is 1. The van der Waals surface area contributed by atoms with Gasteiger partial charge in [0.1, 0.15) is 11.4 Å². The Hall–Kier alpha value is -2.34. The van der Waals surface area contributed by atoms with Gasteiger partial charge in [-0.2, -0.15) is 0 Å². The summed E-state index contributed by atoms with van der Waals surface area (Å²) in [6, 6.07) is 12.3. The number of para-hydroxylation sites is 1. The number of thiophene rings is 1. The Morgan fingerprint density at radius 3 is 2.66 bits per heavy atom. The summed E-state index contributed by atoms with van der Waals surface area (Å²) in [6.07, 6.45) is 5.17. The van der Waals surface area contributed by atoms with Crippen LogP contribution in [0.2, 0.25) is 0 Å². The Labute approximate surface area is 175 Å². The number of hydrogen-bond donors (Lipinski definition) is 1. The molecule has 3 aliphatic rings. The molecule has 1 aromatic heterocycles. The summed E-state index contributed by atoms with van der Waals surface area (Å²) in [5.41, 5.74) is 0.853. The molecule has 3 heterocycles. The monoisotopic (exact) mass is 410 g/mol. The Bertz CT molecular complexity index is 899. The lowest BCUT2D eigenvalue weighted by Gasteiger charge is -2.46. The summed E-state index contributed by atoms with van der Waals surface area (Å²) in [7, 11) is 0. The maximum Gasteiger partial charge on any atom is 0.263 e. The first-order valence-corrected chi connectivity index (χ1v) is 11.4. The summed E-state index contributed by atoms with van der Waals surface area (Å²) in [5.74, 6) is 1.33. The average Bonchev–Trinajstić information content (AvgIpc) is 3.36. The van der Waals surface area contributed by atoms with Crippen LogP contribution in [0.5, 0.6) is 5.75 Å². The fraction of sp³-hybridized carbons (Fsp3) is 0.478. The highest BCUT2D eigenvalue weighted by Gasteiger charge is 2.44. The number of fused-ring (bicyclic) bond motifs is 1. The second kappa shape index (κ2) is 7.48. The van der Waals surface area contributed by atoms with Gasteiger partial charge in [-0.3, -0.25) is 9.59 Å². The van der Waals surface area contributed by atoms with Gasteiger partial charge in [0.2, 0.25) is 5.91 Å². The normalized spacial score (nSPS) is 22.6. The average molecular weight is 411 g/mol. The number of nitrogens with one attached hydrogen (secondary N) is 1. The van der Waals surface area contributed by atoms with Gasteiger partial charge in [0.25, 0.3) is 5.91 Å². The highest BCUT2D eigenvalue weighted by Crippen LogP contribution is 2.46. The van der Waals surface area contributed by atoms with Crippen molar-refractivity contribution in [3.05, 3.63) is 52.2 Å². The zero-order valence-electron chi connectivity index (χ0n) is 16.4. The molecule has 1 aromatic carbocycles. The number of likely N-dealkylation sites (tertiary alicyclic amines) is 1. The third-order valence-electron chi connectivity index (χ3n) is 6.37. The zero-order valence-corrected chi connectivity index (χ0v) is 17.2. The van der Waals surface area contributed by atoms with Crippen molar-refractivity contribution in [2.75, 3.05) is 13.1 Å². The molecule has 1 saturated heterocycles. The van der Waals surface area contributed by atoms with E-state index in [9.17, 15) is 9.59 Å². The number of piperidine rings is 1. The van der Waals surface area contributed by atoms with Crippen LogP contribution in [-0.2, 0) is 4.79 Å². The maximum absolute atomic E-state index is 12.7. The molecule has 2 aliphatic heterocycles. The first kappa shape index (κ1) is 18.7. The van der Waals surface area contributed by atoms with Gasteiger partial charge in [-0.1, -0.05) is 24.3 Å². The summed E-state index contributed by atoms with van der Waals surface area (Å²) in [4.78, 5) is 27.9. The fourth-order valence-corrected chi connectivity index (χ4v) is 5.34. The van der Waals surface area contributed by atoms with E-state index in [-0.39, 0.29) is 23.3 Å². The van der Waals surface area contributed by atoms with Gasteiger partial charge in [-0.25, -0.2) is 0 Å². The van der Waals surface area contributed by atoms with Gasteiger partial charge in [0.15, 0.2) is 0 Å².